The third kappa shape index (κ3) is 1.95. The monoisotopic (exact) mass is 256 g/mol. The molecule has 1 aromatic carbocycles. The minimum atomic E-state index is 0.0400. The van der Waals surface area contributed by atoms with Gasteiger partial charge in [0.2, 0.25) is 0 Å². The number of hydrogen-bond acceptors (Lipinski definition) is 3. The van der Waals surface area contributed by atoms with E-state index >= 15 is 0 Å². The summed E-state index contributed by atoms with van der Waals surface area (Å²) < 4.78 is 11.3. The average molecular weight is 256 g/mol. The van der Waals surface area contributed by atoms with E-state index in [1.165, 1.54) is 0 Å². The molecule has 0 bridgehead atoms. The van der Waals surface area contributed by atoms with Gasteiger partial charge in [0.15, 0.2) is 12.0 Å². The van der Waals surface area contributed by atoms with E-state index < -0.39 is 0 Å². The molecule has 1 aromatic heterocycles. The molecule has 3 nitrogen and oxygen atoms in total. The van der Waals surface area contributed by atoms with Gasteiger partial charge in [0.1, 0.15) is 11.5 Å². The largest absolute Gasteiger partial charge is 0.493 e. The fraction of sp³-hybridized carbons (Fsp3) is 0.312. The Balaban J connectivity index is 2.19. The summed E-state index contributed by atoms with van der Waals surface area (Å²) >= 11 is 0. The molecule has 0 fully saturated rings. The minimum absolute atomic E-state index is 0.0400. The van der Waals surface area contributed by atoms with Gasteiger partial charge in [-0.2, -0.15) is 0 Å². The van der Waals surface area contributed by atoms with Gasteiger partial charge in [-0.1, -0.05) is 26.0 Å². The first-order valence-corrected chi connectivity index (χ1v) is 6.43. The number of aldehydes is 1. The van der Waals surface area contributed by atoms with Crippen molar-refractivity contribution in [1.29, 1.82) is 0 Å². The molecule has 0 amide bonds. The van der Waals surface area contributed by atoms with Crippen molar-refractivity contribution in [3.05, 3.63) is 41.7 Å². The van der Waals surface area contributed by atoms with Gasteiger partial charge in [-0.15, -0.1) is 0 Å². The number of ether oxygens (including phenoxy) is 1. The lowest BCUT2D eigenvalue weighted by atomic mass is 9.77. The van der Waals surface area contributed by atoms with Crippen molar-refractivity contribution < 1.29 is 13.9 Å². The highest BCUT2D eigenvalue weighted by molar-refractivity contribution is 5.74. The van der Waals surface area contributed by atoms with Gasteiger partial charge in [-0.25, -0.2) is 0 Å². The molecule has 0 unspecified atom stereocenters. The Morgan fingerprint density at radius 3 is 2.79 bits per heavy atom. The smallest absolute Gasteiger partial charge is 0.185 e. The molecular weight excluding hydrogens is 240 g/mol. The lowest BCUT2D eigenvalue weighted by molar-refractivity contribution is 0.110. The Labute approximate surface area is 112 Å². The minimum Gasteiger partial charge on any atom is -0.493 e. The van der Waals surface area contributed by atoms with Gasteiger partial charge in [0.05, 0.1) is 6.61 Å². The summed E-state index contributed by atoms with van der Waals surface area (Å²) in [5, 5.41) is 0. The van der Waals surface area contributed by atoms with Crippen molar-refractivity contribution in [1.82, 2.24) is 0 Å². The van der Waals surface area contributed by atoms with E-state index in [1.807, 2.05) is 24.3 Å². The van der Waals surface area contributed by atoms with Crippen molar-refractivity contribution in [2.75, 3.05) is 6.61 Å². The van der Waals surface area contributed by atoms with Crippen LogP contribution in [0.4, 0.5) is 0 Å². The summed E-state index contributed by atoms with van der Waals surface area (Å²) in [6.07, 6.45) is 1.69. The van der Waals surface area contributed by atoms with Gasteiger partial charge in [0, 0.05) is 11.1 Å². The van der Waals surface area contributed by atoms with E-state index in [1.54, 1.807) is 6.07 Å². The Bertz CT molecular complexity index is 623. The van der Waals surface area contributed by atoms with Crippen molar-refractivity contribution in [3.8, 4) is 17.1 Å². The number of carbonyl (C=O) groups is 1. The molecule has 0 atom stereocenters. The molecule has 0 N–H and O–H groups in total. The van der Waals surface area contributed by atoms with E-state index in [0.717, 1.165) is 42.0 Å². The molecule has 3 rings (SSSR count). The molecule has 0 radical (unpaired) electrons. The number of benzene rings is 1. The molecule has 0 aliphatic carbocycles. The second-order valence-electron chi connectivity index (χ2n) is 5.48. The van der Waals surface area contributed by atoms with E-state index in [0.29, 0.717) is 5.76 Å². The maximum Gasteiger partial charge on any atom is 0.185 e. The maximum absolute atomic E-state index is 10.7. The van der Waals surface area contributed by atoms with Crippen LogP contribution in [-0.2, 0) is 5.41 Å². The zero-order valence-corrected chi connectivity index (χ0v) is 11.1. The Hall–Kier alpha value is -2.03. The summed E-state index contributed by atoms with van der Waals surface area (Å²) in [5.74, 6) is 1.98. The first kappa shape index (κ1) is 12.0. The van der Waals surface area contributed by atoms with Crippen LogP contribution in [-0.4, -0.2) is 12.9 Å². The average Bonchev–Trinajstić information content (AvgIpc) is 2.86. The fourth-order valence-corrected chi connectivity index (χ4v) is 2.66. The van der Waals surface area contributed by atoms with Crippen LogP contribution in [0.5, 0.6) is 5.75 Å². The third-order valence-corrected chi connectivity index (χ3v) is 3.70. The lowest BCUT2D eigenvalue weighted by Crippen LogP contribution is -2.27. The normalized spacial score (nSPS) is 16.5. The van der Waals surface area contributed by atoms with Crippen LogP contribution in [0, 0.1) is 0 Å². The molecular formula is C16H16O3. The molecule has 2 heterocycles. The van der Waals surface area contributed by atoms with Crippen LogP contribution in [0.3, 0.4) is 0 Å². The number of fused-ring (bicyclic) bond motifs is 1. The van der Waals surface area contributed by atoms with Crippen molar-refractivity contribution >= 4 is 6.29 Å². The van der Waals surface area contributed by atoms with Crippen LogP contribution < -0.4 is 4.74 Å². The molecule has 1 aliphatic rings. The second kappa shape index (κ2) is 4.26. The number of carbonyl (C=O) groups excluding carboxylic acids is 1. The summed E-state index contributed by atoms with van der Waals surface area (Å²) in [4.78, 5) is 10.7. The molecule has 1 aliphatic heterocycles. The van der Waals surface area contributed by atoms with Crippen molar-refractivity contribution in [2.45, 2.75) is 25.7 Å². The van der Waals surface area contributed by atoms with Crippen molar-refractivity contribution in [3.63, 3.8) is 0 Å². The predicted octanol–water partition coefficient (Wildman–Crippen LogP) is 3.82. The van der Waals surface area contributed by atoms with Crippen LogP contribution in [0.2, 0.25) is 0 Å². The van der Waals surface area contributed by atoms with Crippen LogP contribution in [0.1, 0.15) is 36.4 Å². The lowest BCUT2D eigenvalue weighted by Gasteiger charge is -2.33. The maximum atomic E-state index is 10.7. The molecule has 0 spiro atoms. The Morgan fingerprint density at radius 2 is 2.05 bits per heavy atom. The SMILES string of the molecule is CC1(C)CCOc2cccc(-c3ccc(C=O)o3)c21. The topological polar surface area (TPSA) is 39.4 Å². The van der Waals surface area contributed by atoms with Gasteiger partial charge >= 0.3 is 0 Å². The third-order valence-electron chi connectivity index (χ3n) is 3.70. The van der Waals surface area contributed by atoms with E-state index in [2.05, 4.69) is 13.8 Å². The molecule has 0 saturated carbocycles. The van der Waals surface area contributed by atoms with Crippen LogP contribution in [0.15, 0.2) is 34.7 Å². The zero-order chi connectivity index (χ0) is 13.5. The highest BCUT2D eigenvalue weighted by Crippen LogP contribution is 2.44. The highest BCUT2D eigenvalue weighted by atomic mass is 16.5. The molecule has 0 saturated heterocycles. The van der Waals surface area contributed by atoms with Crippen molar-refractivity contribution in [2.24, 2.45) is 0 Å². The van der Waals surface area contributed by atoms with E-state index in [9.17, 15) is 4.79 Å². The first-order valence-electron chi connectivity index (χ1n) is 6.43. The second-order valence-corrected chi connectivity index (χ2v) is 5.48. The van der Waals surface area contributed by atoms with E-state index in [4.69, 9.17) is 9.15 Å². The van der Waals surface area contributed by atoms with Gasteiger partial charge in [0.25, 0.3) is 0 Å². The molecule has 2 aromatic rings. The molecule has 19 heavy (non-hydrogen) atoms. The number of furan rings is 1. The summed E-state index contributed by atoms with van der Waals surface area (Å²) in [5.41, 5.74) is 2.21. The van der Waals surface area contributed by atoms with Gasteiger partial charge in [-0.3, -0.25) is 4.79 Å². The fourth-order valence-electron chi connectivity index (χ4n) is 2.66. The quantitative estimate of drug-likeness (QED) is 0.767. The first-order chi connectivity index (χ1) is 9.12. The Kier molecular flexibility index (Phi) is 2.70. The standard InChI is InChI=1S/C16H16O3/c1-16(2)8-9-18-14-5-3-4-12(15(14)16)13-7-6-11(10-17)19-13/h3-7,10H,8-9H2,1-2H3. The number of hydrogen-bond donors (Lipinski definition) is 0. The summed E-state index contributed by atoms with van der Waals surface area (Å²) in [6, 6.07) is 9.49. The zero-order valence-electron chi connectivity index (χ0n) is 11.1. The highest BCUT2D eigenvalue weighted by Gasteiger charge is 2.32. The van der Waals surface area contributed by atoms with Gasteiger partial charge in [-0.05, 0) is 30.0 Å². The Morgan fingerprint density at radius 1 is 1.21 bits per heavy atom. The molecule has 98 valence electrons. The number of rotatable bonds is 2. The predicted molar refractivity (Wildman–Crippen MR) is 72.7 cm³/mol. The van der Waals surface area contributed by atoms with Crippen LogP contribution >= 0.6 is 0 Å². The van der Waals surface area contributed by atoms with E-state index in [-0.39, 0.29) is 5.41 Å². The summed E-state index contributed by atoms with van der Waals surface area (Å²) in [6.45, 7) is 5.16. The summed E-state index contributed by atoms with van der Waals surface area (Å²) in [7, 11) is 0. The van der Waals surface area contributed by atoms with Crippen LogP contribution in [0.25, 0.3) is 11.3 Å². The van der Waals surface area contributed by atoms with Gasteiger partial charge < -0.3 is 9.15 Å². The molecule has 3 heteroatoms.